The quantitative estimate of drug-likeness (QED) is 0.688. The maximum Gasteiger partial charge on any atom is 0.172 e. The van der Waals surface area contributed by atoms with Gasteiger partial charge < -0.3 is 14.5 Å². The SMILES string of the molecule is COc1cccc(-n2cc(CN(C)c3nccnc3N(C)C)cn2)c1. The van der Waals surface area contributed by atoms with Gasteiger partial charge in [0.2, 0.25) is 0 Å². The first-order valence-corrected chi connectivity index (χ1v) is 7.96. The van der Waals surface area contributed by atoms with E-state index in [2.05, 4.69) is 20.0 Å². The first kappa shape index (κ1) is 16.8. The van der Waals surface area contributed by atoms with Gasteiger partial charge in [0.1, 0.15) is 5.75 Å². The summed E-state index contributed by atoms with van der Waals surface area (Å²) in [5.74, 6) is 2.48. The van der Waals surface area contributed by atoms with Crippen molar-refractivity contribution >= 4 is 11.6 Å². The van der Waals surface area contributed by atoms with Crippen molar-refractivity contribution in [1.82, 2.24) is 19.7 Å². The summed E-state index contributed by atoms with van der Waals surface area (Å²) >= 11 is 0. The van der Waals surface area contributed by atoms with Crippen LogP contribution in [0.3, 0.4) is 0 Å². The molecule has 2 aromatic heterocycles. The Morgan fingerprint density at radius 2 is 1.84 bits per heavy atom. The van der Waals surface area contributed by atoms with Gasteiger partial charge in [0.15, 0.2) is 11.6 Å². The van der Waals surface area contributed by atoms with Crippen LogP contribution in [0.1, 0.15) is 5.56 Å². The molecule has 0 saturated carbocycles. The summed E-state index contributed by atoms with van der Waals surface area (Å²) in [6.07, 6.45) is 7.28. The van der Waals surface area contributed by atoms with Crippen molar-refractivity contribution in [2.45, 2.75) is 6.54 Å². The fraction of sp³-hybridized carbons (Fsp3) is 0.278. The Morgan fingerprint density at radius 3 is 2.56 bits per heavy atom. The molecule has 130 valence electrons. The summed E-state index contributed by atoms with van der Waals surface area (Å²) in [5, 5.41) is 4.45. The molecule has 0 aliphatic carbocycles. The number of benzene rings is 1. The van der Waals surface area contributed by atoms with Gasteiger partial charge in [-0.25, -0.2) is 14.6 Å². The number of nitrogens with zero attached hydrogens (tertiary/aromatic N) is 6. The van der Waals surface area contributed by atoms with Crippen LogP contribution in [0.4, 0.5) is 11.6 Å². The lowest BCUT2D eigenvalue weighted by molar-refractivity contribution is 0.414. The van der Waals surface area contributed by atoms with Crippen LogP contribution < -0.4 is 14.5 Å². The van der Waals surface area contributed by atoms with Crippen LogP contribution >= 0.6 is 0 Å². The maximum absolute atomic E-state index is 5.27. The zero-order chi connectivity index (χ0) is 17.8. The summed E-state index contributed by atoms with van der Waals surface area (Å²) in [7, 11) is 7.58. The molecule has 0 N–H and O–H groups in total. The molecule has 0 amide bonds. The number of rotatable bonds is 6. The second kappa shape index (κ2) is 7.21. The second-order valence-corrected chi connectivity index (χ2v) is 5.95. The van der Waals surface area contributed by atoms with Crippen LogP contribution in [-0.2, 0) is 6.54 Å². The number of ether oxygens (including phenoxy) is 1. The Morgan fingerprint density at radius 1 is 1.08 bits per heavy atom. The molecule has 0 bridgehead atoms. The number of anilines is 2. The number of hydrogen-bond donors (Lipinski definition) is 0. The third-order valence-corrected chi connectivity index (χ3v) is 3.82. The van der Waals surface area contributed by atoms with Crippen LogP contribution in [0, 0.1) is 0 Å². The van der Waals surface area contributed by atoms with Crippen molar-refractivity contribution < 1.29 is 4.74 Å². The Labute approximate surface area is 147 Å². The van der Waals surface area contributed by atoms with E-state index in [-0.39, 0.29) is 0 Å². The molecule has 0 fully saturated rings. The normalized spacial score (nSPS) is 10.6. The average molecular weight is 338 g/mol. The van der Waals surface area contributed by atoms with E-state index in [9.17, 15) is 0 Å². The molecule has 0 aliphatic rings. The zero-order valence-corrected chi connectivity index (χ0v) is 14.9. The van der Waals surface area contributed by atoms with E-state index >= 15 is 0 Å². The third-order valence-electron chi connectivity index (χ3n) is 3.82. The van der Waals surface area contributed by atoms with E-state index in [0.717, 1.165) is 28.6 Å². The fourth-order valence-electron chi connectivity index (χ4n) is 2.59. The minimum atomic E-state index is 0.684. The molecule has 0 aliphatic heterocycles. The van der Waals surface area contributed by atoms with Gasteiger partial charge in [0.25, 0.3) is 0 Å². The molecular weight excluding hydrogens is 316 g/mol. The van der Waals surface area contributed by atoms with Gasteiger partial charge in [0.05, 0.1) is 19.0 Å². The van der Waals surface area contributed by atoms with Gasteiger partial charge in [-0.1, -0.05) is 6.07 Å². The lowest BCUT2D eigenvalue weighted by Gasteiger charge is -2.22. The standard InChI is InChI=1S/C18H22N6O/c1-22(2)17-18(20-9-8-19-17)23(3)12-14-11-21-24(13-14)15-6-5-7-16(10-15)25-4/h5-11,13H,12H2,1-4H3. The predicted molar refractivity (Wildman–Crippen MR) is 98.6 cm³/mol. The molecule has 7 heteroatoms. The predicted octanol–water partition coefficient (Wildman–Crippen LogP) is 2.37. The van der Waals surface area contributed by atoms with E-state index in [4.69, 9.17) is 4.74 Å². The molecule has 0 unspecified atom stereocenters. The first-order chi connectivity index (χ1) is 12.1. The summed E-state index contributed by atoms with van der Waals surface area (Å²) < 4.78 is 7.11. The molecule has 0 radical (unpaired) electrons. The van der Waals surface area contributed by atoms with Gasteiger partial charge in [-0.3, -0.25) is 0 Å². The number of hydrogen-bond acceptors (Lipinski definition) is 6. The Balaban J connectivity index is 1.79. The van der Waals surface area contributed by atoms with E-state index < -0.39 is 0 Å². The first-order valence-electron chi connectivity index (χ1n) is 7.96. The average Bonchev–Trinajstić information content (AvgIpc) is 3.10. The monoisotopic (exact) mass is 338 g/mol. The van der Waals surface area contributed by atoms with Crippen molar-refractivity contribution in [2.75, 3.05) is 38.1 Å². The van der Waals surface area contributed by atoms with Gasteiger partial charge in [-0.2, -0.15) is 5.10 Å². The summed E-state index contributed by atoms with van der Waals surface area (Å²) in [6.45, 7) is 0.684. The summed E-state index contributed by atoms with van der Waals surface area (Å²) in [6, 6.07) is 7.81. The Kier molecular flexibility index (Phi) is 4.83. The lowest BCUT2D eigenvalue weighted by Crippen LogP contribution is -2.22. The van der Waals surface area contributed by atoms with Gasteiger partial charge >= 0.3 is 0 Å². The van der Waals surface area contributed by atoms with Gasteiger partial charge in [-0.15, -0.1) is 0 Å². The van der Waals surface area contributed by atoms with Gasteiger partial charge in [0, 0.05) is 57.9 Å². The highest BCUT2D eigenvalue weighted by Crippen LogP contribution is 2.23. The Hall–Kier alpha value is -3.09. The maximum atomic E-state index is 5.27. The zero-order valence-electron chi connectivity index (χ0n) is 14.9. The van der Waals surface area contributed by atoms with Crippen molar-refractivity contribution in [3.63, 3.8) is 0 Å². The topological polar surface area (TPSA) is 59.3 Å². The van der Waals surface area contributed by atoms with Crippen molar-refractivity contribution in [3.05, 3.63) is 54.6 Å². The van der Waals surface area contributed by atoms with Crippen molar-refractivity contribution in [1.29, 1.82) is 0 Å². The molecular formula is C18H22N6O. The van der Waals surface area contributed by atoms with Crippen molar-refractivity contribution in [3.8, 4) is 11.4 Å². The number of methoxy groups -OCH3 is 1. The highest BCUT2D eigenvalue weighted by molar-refractivity contribution is 5.61. The molecule has 0 saturated heterocycles. The molecule has 0 spiro atoms. The summed E-state index contributed by atoms with van der Waals surface area (Å²) in [4.78, 5) is 12.9. The number of aromatic nitrogens is 4. The molecule has 25 heavy (non-hydrogen) atoms. The lowest BCUT2D eigenvalue weighted by atomic mass is 10.3. The smallest absolute Gasteiger partial charge is 0.172 e. The second-order valence-electron chi connectivity index (χ2n) is 5.95. The fourth-order valence-corrected chi connectivity index (χ4v) is 2.59. The molecule has 3 rings (SSSR count). The van der Waals surface area contributed by atoms with Crippen LogP contribution in [0.25, 0.3) is 5.69 Å². The highest BCUT2D eigenvalue weighted by atomic mass is 16.5. The summed E-state index contributed by atoms with van der Waals surface area (Å²) in [5.41, 5.74) is 2.04. The largest absolute Gasteiger partial charge is 0.497 e. The van der Waals surface area contributed by atoms with Gasteiger partial charge in [-0.05, 0) is 12.1 Å². The van der Waals surface area contributed by atoms with Crippen LogP contribution in [0.2, 0.25) is 0 Å². The van der Waals surface area contributed by atoms with Crippen LogP contribution in [0.15, 0.2) is 49.1 Å². The minimum Gasteiger partial charge on any atom is -0.497 e. The minimum absolute atomic E-state index is 0.684. The molecule has 0 atom stereocenters. The Bertz CT molecular complexity index is 845. The molecule has 7 nitrogen and oxygen atoms in total. The van der Waals surface area contributed by atoms with Crippen LogP contribution in [-0.4, -0.2) is 48.0 Å². The van der Waals surface area contributed by atoms with Crippen LogP contribution in [0.5, 0.6) is 5.75 Å². The molecule has 1 aromatic carbocycles. The molecule has 3 aromatic rings. The van der Waals surface area contributed by atoms with E-state index in [1.54, 1.807) is 19.5 Å². The van der Waals surface area contributed by atoms with Crippen molar-refractivity contribution in [2.24, 2.45) is 0 Å². The van der Waals surface area contributed by atoms with E-state index in [0.29, 0.717) is 6.54 Å². The highest BCUT2D eigenvalue weighted by Gasteiger charge is 2.13. The van der Waals surface area contributed by atoms with E-state index in [1.165, 1.54) is 0 Å². The van der Waals surface area contributed by atoms with E-state index in [1.807, 2.05) is 67.4 Å². The molecule has 2 heterocycles. The third kappa shape index (κ3) is 3.71.